The van der Waals surface area contributed by atoms with Gasteiger partial charge in [-0.25, -0.2) is 0 Å². The lowest BCUT2D eigenvalue weighted by Gasteiger charge is -1.93. The summed E-state index contributed by atoms with van der Waals surface area (Å²) in [6.45, 7) is 18.2. The molecule has 0 unspecified atom stereocenters. The van der Waals surface area contributed by atoms with Crippen LogP contribution in [0.15, 0.2) is 60.7 Å². The molecular formula is C23H42O. The second-order valence-corrected chi connectivity index (χ2v) is 3.36. The maximum absolute atomic E-state index is 4.91. The molecule has 0 atom stereocenters. The number of aryl methyl sites for hydroxylation is 1. The van der Waals surface area contributed by atoms with Crippen LogP contribution in [-0.4, -0.2) is 7.11 Å². The topological polar surface area (TPSA) is 9.23 Å². The van der Waals surface area contributed by atoms with Gasteiger partial charge in [0, 0.05) is 0 Å². The highest BCUT2D eigenvalue weighted by Crippen LogP contribution is 2.05. The number of methoxy groups -OCH3 is 1. The number of ether oxygens (including phenoxy) is 1. The van der Waals surface area contributed by atoms with Crippen molar-refractivity contribution in [1.29, 1.82) is 0 Å². The van der Waals surface area contributed by atoms with Crippen molar-refractivity contribution in [1.82, 2.24) is 0 Å². The van der Waals surface area contributed by atoms with Crippen LogP contribution < -0.4 is 4.74 Å². The fourth-order valence-corrected chi connectivity index (χ4v) is 1.27. The zero-order valence-corrected chi connectivity index (χ0v) is 17.9. The van der Waals surface area contributed by atoms with Gasteiger partial charge in [0.25, 0.3) is 0 Å². The summed E-state index contributed by atoms with van der Waals surface area (Å²) in [7, 11) is 1.66. The van der Waals surface area contributed by atoms with Crippen LogP contribution in [-0.2, 0) is 6.42 Å². The first-order chi connectivity index (χ1) is 11.9. The van der Waals surface area contributed by atoms with Crippen LogP contribution in [0.5, 0.6) is 5.75 Å². The number of hydrogen-bond donors (Lipinski definition) is 0. The van der Waals surface area contributed by atoms with Gasteiger partial charge >= 0.3 is 0 Å². The van der Waals surface area contributed by atoms with Crippen molar-refractivity contribution in [3.8, 4) is 5.75 Å². The van der Waals surface area contributed by atoms with Crippen molar-refractivity contribution < 1.29 is 4.74 Å². The highest BCUT2D eigenvalue weighted by Gasteiger charge is 1.80. The minimum Gasteiger partial charge on any atom is -0.497 e. The van der Waals surface area contributed by atoms with E-state index in [9.17, 15) is 0 Å². The summed E-state index contributed by atoms with van der Waals surface area (Å²) in [5.41, 5.74) is 1.41. The maximum atomic E-state index is 4.91. The molecule has 0 aliphatic heterocycles. The lowest BCUT2D eigenvalue weighted by Crippen LogP contribution is -1.78. The van der Waals surface area contributed by atoms with Gasteiger partial charge in [0.05, 0.1) is 7.11 Å². The largest absolute Gasteiger partial charge is 0.497 e. The lowest BCUT2D eigenvalue weighted by molar-refractivity contribution is 0.415. The van der Waals surface area contributed by atoms with Gasteiger partial charge in [-0.1, -0.05) is 111 Å². The molecule has 2 aromatic rings. The van der Waals surface area contributed by atoms with E-state index in [-0.39, 0.29) is 0 Å². The van der Waals surface area contributed by atoms with Crippen molar-refractivity contribution in [2.75, 3.05) is 7.11 Å². The van der Waals surface area contributed by atoms with Crippen molar-refractivity contribution >= 4 is 0 Å². The van der Waals surface area contributed by atoms with Crippen LogP contribution in [0.1, 0.15) is 67.9 Å². The molecule has 0 fully saturated rings. The molecule has 2 aromatic carbocycles. The molecule has 0 aliphatic carbocycles. The van der Waals surface area contributed by atoms with Crippen molar-refractivity contribution in [3.05, 3.63) is 66.2 Å². The third kappa shape index (κ3) is 22.5. The highest BCUT2D eigenvalue weighted by molar-refractivity contribution is 5.20. The fourth-order valence-electron chi connectivity index (χ4n) is 1.27. The third-order valence-corrected chi connectivity index (χ3v) is 2.23. The van der Waals surface area contributed by atoms with Crippen LogP contribution >= 0.6 is 0 Å². The van der Waals surface area contributed by atoms with E-state index in [1.165, 1.54) is 5.56 Å². The zero-order chi connectivity index (χ0) is 19.6. The van der Waals surface area contributed by atoms with E-state index >= 15 is 0 Å². The van der Waals surface area contributed by atoms with Gasteiger partial charge in [0.15, 0.2) is 0 Å². The molecule has 1 nitrogen and oxygen atoms in total. The second-order valence-electron chi connectivity index (χ2n) is 3.36. The number of benzene rings is 2. The molecule has 0 heterocycles. The summed E-state index contributed by atoms with van der Waals surface area (Å²) in [4.78, 5) is 0. The van der Waals surface area contributed by atoms with Crippen LogP contribution in [0.3, 0.4) is 0 Å². The summed E-state index contributed by atoms with van der Waals surface area (Å²) < 4.78 is 4.91. The SMILES string of the molecule is CC.CC.CC.CC.CCc1ccccc1.COc1ccccc1. The van der Waals surface area contributed by atoms with Gasteiger partial charge in [-0.2, -0.15) is 0 Å². The molecule has 0 saturated heterocycles. The van der Waals surface area contributed by atoms with Crippen LogP contribution in [0, 0.1) is 0 Å². The number of hydrogen-bond acceptors (Lipinski definition) is 1. The first-order valence-electron chi connectivity index (χ1n) is 9.49. The quantitative estimate of drug-likeness (QED) is 0.539. The Bertz CT molecular complexity index is 328. The van der Waals surface area contributed by atoms with Gasteiger partial charge in [-0.3, -0.25) is 0 Å². The standard InChI is InChI=1S/C8H10.C7H8O.4C2H6/c1-2-8-6-4-3-5-7-8;1-8-7-5-3-2-4-6-7;4*1-2/h3-7H,2H2,1H3;2-6H,1H3;4*1-2H3. The molecule has 0 aromatic heterocycles. The minimum atomic E-state index is 0.910. The molecule has 0 radical (unpaired) electrons. The molecule has 0 saturated carbocycles. The van der Waals surface area contributed by atoms with E-state index in [0.29, 0.717) is 0 Å². The molecule has 0 aliphatic rings. The van der Waals surface area contributed by atoms with E-state index in [4.69, 9.17) is 4.74 Å². The average molecular weight is 335 g/mol. The summed E-state index contributed by atoms with van der Waals surface area (Å²) in [6.07, 6.45) is 1.14. The Kier molecular flexibility index (Phi) is 41.5. The van der Waals surface area contributed by atoms with Crippen molar-refractivity contribution in [2.45, 2.75) is 68.7 Å². The molecule has 140 valence electrons. The van der Waals surface area contributed by atoms with E-state index in [1.54, 1.807) is 7.11 Å². The molecular weight excluding hydrogens is 292 g/mol. The highest BCUT2D eigenvalue weighted by atomic mass is 16.5. The predicted octanol–water partition coefficient (Wildman–Crippen LogP) is 8.05. The second kappa shape index (κ2) is 33.0. The van der Waals surface area contributed by atoms with Gasteiger partial charge in [0.2, 0.25) is 0 Å². The Hall–Kier alpha value is -1.76. The molecule has 0 amide bonds. The first-order valence-corrected chi connectivity index (χ1v) is 9.49. The lowest BCUT2D eigenvalue weighted by atomic mass is 10.2. The monoisotopic (exact) mass is 334 g/mol. The third-order valence-electron chi connectivity index (χ3n) is 2.23. The van der Waals surface area contributed by atoms with Gasteiger partial charge in [0.1, 0.15) is 5.75 Å². The number of para-hydroxylation sites is 1. The molecule has 0 spiro atoms. The van der Waals surface area contributed by atoms with Crippen LogP contribution in [0.4, 0.5) is 0 Å². The Morgan fingerprint density at radius 3 is 1.12 bits per heavy atom. The Morgan fingerprint density at radius 2 is 0.917 bits per heavy atom. The minimum absolute atomic E-state index is 0.910. The van der Waals surface area contributed by atoms with Crippen molar-refractivity contribution in [3.63, 3.8) is 0 Å². The van der Waals surface area contributed by atoms with E-state index in [0.717, 1.165) is 12.2 Å². The summed E-state index contributed by atoms with van der Waals surface area (Å²) in [5, 5.41) is 0. The zero-order valence-electron chi connectivity index (χ0n) is 17.9. The molecule has 0 bridgehead atoms. The van der Waals surface area contributed by atoms with Gasteiger partial charge < -0.3 is 4.74 Å². The van der Waals surface area contributed by atoms with Crippen LogP contribution in [0.25, 0.3) is 0 Å². The summed E-state index contributed by atoms with van der Waals surface area (Å²) in [5.74, 6) is 0.910. The molecule has 0 N–H and O–H groups in total. The van der Waals surface area contributed by atoms with E-state index < -0.39 is 0 Å². The van der Waals surface area contributed by atoms with E-state index in [1.807, 2.05) is 91.8 Å². The maximum Gasteiger partial charge on any atom is 0.118 e. The first kappa shape index (κ1) is 30.2. The molecule has 1 heteroatoms. The molecule has 2 rings (SSSR count). The van der Waals surface area contributed by atoms with Crippen LogP contribution in [0.2, 0.25) is 0 Å². The van der Waals surface area contributed by atoms with E-state index in [2.05, 4.69) is 31.2 Å². The fraction of sp³-hybridized carbons (Fsp3) is 0.478. The molecule has 24 heavy (non-hydrogen) atoms. The normalized spacial score (nSPS) is 6.92. The predicted molar refractivity (Wildman–Crippen MR) is 114 cm³/mol. The smallest absolute Gasteiger partial charge is 0.118 e. The summed E-state index contributed by atoms with van der Waals surface area (Å²) >= 11 is 0. The van der Waals surface area contributed by atoms with Crippen molar-refractivity contribution in [2.24, 2.45) is 0 Å². The Morgan fingerprint density at radius 1 is 0.583 bits per heavy atom. The summed E-state index contributed by atoms with van der Waals surface area (Å²) in [6, 6.07) is 20.1. The average Bonchev–Trinajstić information content (AvgIpc) is 2.75. The van der Waals surface area contributed by atoms with Gasteiger partial charge in [-0.15, -0.1) is 0 Å². The van der Waals surface area contributed by atoms with Gasteiger partial charge in [-0.05, 0) is 24.1 Å². The number of rotatable bonds is 2. The Labute approximate surface area is 153 Å². The Balaban J connectivity index is -0.000000118.